The predicted octanol–water partition coefficient (Wildman–Crippen LogP) is 2.06. The van der Waals surface area contributed by atoms with E-state index in [0.717, 1.165) is 5.56 Å². The second-order valence-electron chi connectivity index (χ2n) is 8.19. The number of carbonyl (C=O) groups excluding carboxylic acids is 1. The summed E-state index contributed by atoms with van der Waals surface area (Å²) in [7, 11) is 0. The number of amidine groups is 1. The predicted molar refractivity (Wildman–Crippen MR) is 106 cm³/mol. The van der Waals surface area contributed by atoms with E-state index in [4.69, 9.17) is 24.9 Å². The van der Waals surface area contributed by atoms with Gasteiger partial charge in [-0.3, -0.25) is 9.78 Å². The number of aliphatic imine (C=N–C) groups is 1. The average Bonchev–Trinajstić information content (AvgIpc) is 3.03. The minimum Gasteiger partial charge on any atom is -0.487 e. The molecule has 0 bridgehead atoms. The molecular weight excluding hydrogens is 372 g/mol. The molecule has 0 aliphatic carbocycles. The zero-order valence-corrected chi connectivity index (χ0v) is 16.3. The molecule has 1 amide bonds. The fourth-order valence-electron chi connectivity index (χ4n) is 4.56. The highest BCUT2D eigenvalue weighted by molar-refractivity contribution is 6.04. The van der Waals surface area contributed by atoms with Gasteiger partial charge in [-0.15, -0.1) is 0 Å². The number of benzene rings is 1. The third-order valence-corrected chi connectivity index (χ3v) is 6.34. The van der Waals surface area contributed by atoms with Crippen molar-refractivity contribution in [2.24, 2.45) is 16.1 Å². The lowest BCUT2D eigenvalue weighted by molar-refractivity contribution is -0.247. The van der Waals surface area contributed by atoms with Gasteiger partial charge in [0.2, 0.25) is 0 Å². The van der Waals surface area contributed by atoms with E-state index < -0.39 is 16.6 Å². The van der Waals surface area contributed by atoms with Gasteiger partial charge in [-0.25, -0.2) is 4.99 Å². The molecule has 0 radical (unpaired) electrons. The molecule has 3 aliphatic rings. The average molecular weight is 394 g/mol. The molecule has 1 fully saturated rings. The summed E-state index contributed by atoms with van der Waals surface area (Å²) in [5.74, 6) is 0.463. The van der Waals surface area contributed by atoms with E-state index in [-0.39, 0.29) is 11.9 Å². The first-order chi connectivity index (χ1) is 13.9. The number of pyridine rings is 1. The zero-order chi connectivity index (χ0) is 20.3. The van der Waals surface area contributed by atoms with Crippen LogP contribution < -0.4 is 15.8 Å². The lowest BCUT2D eigenvalue weighted by Crippen LogP contribution is -2.71. The molecule has 3 N–H and O–H groups in total. The van der Waals surface area contributed by atoms with Crippen LogP contribution in [0.15, 0.2) is 47.7 Å². The SMILES string of the molecule is CC1(C)Oc2ccc(NC(=O)c3cccnc3)cc2C2(COC(N)=N2)C12COC2. The molecule has 29 heavy (non-hydrogen) atoms. The van der Waals surface area contributed by atoms with Crippen molar-refractivity contribution in [3.8, 4) is 5.75 Å². The van der Waals surface area contributed by atoms with Crippen molar-refractivity contribution in [1.29, 1.82) is 0 Å². The molecule has 0 saturated carbocycles. The molecule has 1 aromatic carbocycles. The molecule has 2 spiro atoms. The highest BCUT2D eigenvalue weighted by Gasteiger charge is 2.71. The van der Waals surface area contributed by atoms with Gasteiger partial charge >= 0.3 is 0 Å². The van der Waals surface area contributed by atoms with Crippen LogP contribution in [0.1, 0.15) is 29.8 Å². The van der Waals surface area contributed by atoms with Gasteiger partial charge < -0.3 is 25.3 Å². The Morgan fingerprint density at radius 3 is 2.66 bits per heavy atom. The smallest absolute Gasteiger partial charge is 0.283 e. The fourth-order valence-corrected chi connectivity index (χ4v) is 4.56. The maximum absolute atomic E-state index is 12.6. The summed E-state index contributed by atoms with van der Waals surface area (Å²) in [5, 5.41) is 2.92. The van der Waals surface area contributed by atoms with Gasteiger partial charge in [-0.2, -0.15) is 0 Å². The molecule has 8 heteroatoms. The number of anilines is 1. The van der Waals surface area contributed by atoms with Crippen LogP contribution in [0.5, 0.6) is 5.75 Å². The van der Waals surface area contributed by atoms with Crippen molar-refractivity contribution >= 4 is 17.6 Å². The van der Waals surface area contributed by atoms with Crippen molar-refractivity contribution in [3.63, 3.8) is 0 Å². The minimum atomic E-state index is -0.735. The zero-order valence-electron chi connectivity index (χ0n) is 16.3. The van der Waals surface area contributed by atoms with Crippen LogP contribution in [0.25, 0.3) is 0 Å². The first kappa shape index (κ1) is 17.9. The summed E-state index contributed by atoms with van der Waals surface area (Å²) in [6.07, 6.45) is 3.15. The van der Waals surface area contributed by atoms with E-state index in [1.807, 2.05) is 32.0 Å². The number of nitrogens with one attached hydrogen (secondary N) is 1. The summed E-state index contributed by atoms with van der Waals surface area (Å²) in [6, 6.07) is 9.16. The van der Waals surface area contributed by atoms with Crippen LogP contribution in [0, 0.1) is 5.41 Å². The molecule has 8 nitrogen and oxygen atoms in total. The van der Waals surface area contributed by atoms with Crippen LogP contribution in [0.4, 0.5) is 5.69 Å². The van der Waals surface area contributed by atoms with Crippen molar-refractivity contribution < 1.29 is 19.0 Å². The number of hydrogen-bond donors (Lipinski definition) is 2. The molecule has 1 aromatic heterocycles. The lowest BCUT2D eigenvalue weighted by atomic mass is 9.55. The van der Waals surface area contributed by atoms with Crippen molar-refractivity contribution in [3.05, 3.63) is 53.9 Å². The van der Waals surface area contributed by atoms with Gasteiger partial charge in [0.25, 0.3) is 11.9 Å². The van der Waals surface area contributed by atoms with Gasteiger partial charge in [0.15, 0.2) is 0 Å². The Bertz CT molecular complexity index is 1020. The Labute approximate surface area is 168 Å². The number of fused-ring (bicyclic) bond motifs is 3. The molecular formula is C21H22N4O4. The van der Waals surface area contributed by atoms with E-state index in [1.54, 1.807) is 18.3 Å². The van der Waals surface area contributed by atoms with Crippen LogP contribution >= 0.6 is 0 Å². The van der Waals surface area contributed by atoms with Crippen molar-refractivity contribution in [2.45, 2.75) is 25.0 Å². The fraction of sp³-hybridized carbons (Fsp3) is 0.381. The highest BCUT2D eigenvalue weighted by Crippen LogP contribution is 2.62. The van der Waals surface area contributed by atoms with E-state index in [2.05, 4.69) is 10.3 Å². The van der Waals surface area contributed by atoms with E-state index in [1.165, 1.54) is 6.20 Å². The molecule has 4 heterocycles. The van der Waals surface area contributed by atoms with E-state index >= 15 is 0 Å². The van der Waals surface area contributed by atoms with E-state index in [9.17, 15) is 4.79 Å². The Kier molecular flexibility index (Phi) is 3.67. The molecule has 1 unspecified atom stereocenters. The standard InChI is InChI=1S/C21H22N4O4/c1-19(2)20(10-27-11-20)21(12-28-18(22)25-21)15-8-14(5-6-16(15)29-19)24-17(26)13-4-3-7-23-9-13/h3-9H,10-12H2,1-2H3,(H2,22,25)(H,24,26). The quantitative estimate of drug-likeness (QED) is 0.807. The van der Waals surface area contributed by atoms with Gasteiger partial charge in [-0.05, 0) is 44.2 Å². The van der Waals surface area contributed by atoms with Crippen LogP contribution in [-0.2, 0) is 15.0 Å². The van der Waals surface area contributed by atoms with E-state index in [0.29, 0.717) is 36.8 Å². The molecule has 1 atom stereocenters. The second kappa shape index (κ2) is 5.93. The summed E-state index contributed by atoms with van der Waals surface area (Å²) >= 11 is 0. The van der Waals surface area contributed by atoms with Gasteiger partial charge in [0.1, 0.15) is 23.5 Å². The number of ether oxygens (including phenoxy) is 3. The Hall–Kier alpha value is -3.13. The number of nitrogens with two attached hydrogens (primary N) is 1. The van der Waals surface area contributed by atoms with Crippen LogP contribution in [0.2, 0.25) is 0 Å². The Balaban J connectivity index is 1.59. The number of amides is 1. The molecule has 5 rings (SSSR count). The van der Waals surface area contributed by atoms with Gasteiger partial charge in [-0.1, -0.05) is 0 Å². The number of nitrogens with zero attached hydrogens (tertiary/aromatic N) is 2. The molecule has 3 aliphatic heterocycles. The van der Waals surface area contributed by atoms with Crippen LogP contribution in [-0.4, -0.2) is 42.3 Å². The largest absolute Gasteiger partial charge is 0.487 e. The number of rotatable bonds is 2. The normalized spacial score (nSPS) is 25.4. The maximum atomic E-state index is 12.6. The van der Waals surface area contributed by atoms with Crippen molar-refractivity contribution in [2.75, 3.05) is 25.1 Å². The third kappa shape index (κ3) is 2.38. The topological polar surface area (TPSA) is 108 Å². The minimum absolute atomic E-state index is 0.157. The van der Waals surface area contributed by atoms with Gasteiger partial charge in [0.05, 0.1) is 24.2 Å². The summed E-state index contributed by atoms with van der Waals surface area (Å²) in [4.78, 5) is 21.3. The molecule has 2 aromatic rings. The summed E-state index contributed by atoms with van der Waals surface area (Å²) < 4.78 is 17.6. The summed E-state index contributed by atoms with van der Waals surface area (Å²) in [5.41, 5.74) is 6.22. The maximum Gasteiger partial charge on any atom is 0.283 e. The van der Waals surface area contributed by atoms with Crippen LogP contribution in [0.3, 0.4) is 0 Å². The first-order valence-corrected chi connectivity index (χ1v) is 9.48. The number of carbonyl (C=O) groups is 1. The Morgan fingerprint density at radius 1 is 1.21 bits per heavy atom. The Morgan fingerprint density at radius 2 is 2.03 bits per heavy atom. The highest BCUT2D eigenvalue weighted by atomic mass is 16.5. The lowest BCUT2D eigenvalue weighted by Gasteiger charge is -2.61. The number of hydrogen-bond acceptors (Lipinski definition) is 7. The van der Waals surface area contributed by atoms with Gasteiger partial charge in [0, 0.05) is 23.6 Å². The third-order valence-electron chi connectivity index (χ3n) is 6.34. The monoisotopic (exact) mass is 394 g/mol. The molecule has 1 saturated heterocycles. The molecule has 150 valence electrons. The summed E-state index contributed by atoms with van der Waals surface area (Å²) in [6.45, 7) is 5.38. The second-order valence-corrected chi connectivity index (χ2v) is 8.19. The van der Waals surface area contributed by atoms with Crippen molar-refractivity contribution in [1.82, 2.24) is 4.98 Å². The number of aromatic nitrogens is 1. The first-order valence-electron chi connectivity index (χ1n) is 9.48.